The van der Waals surface area contributed by atoms with E-state index in [0.717, 1.165) is 19.3 Å². The molecule has 1 saturated carbocycles. The van der Waals surface area contributed by atoms with Crippen molar-refractivity contribution >= 4 is 22.9 Å². The van der Waals surface area contributed by atoms with Crippen molar-refractivity contribution in [2.45, 2.75) is 40.0 Å². The highest BCUT2D eigenvalue weighted by Crippen LogP contribution is 2.37. The molecule has 25 heavy (non-hydrogen) atoms. The zero-order chi connectivity index (χ0) is 18.0. The number of para-hydroxylation sites is 1. The number of nitrogens with one attached hydrogen (secondary N) is 2. The first-order valence-electron chi connectivity index (χ1n) is 8.89. The Morgan fingerprint density at radius 2 is 2.04 bits per heavy atom. The van der Waals surface area contributed by atoms with Crippen LogP contribution < -0.4 is 10.9 Å². The van der Waals surface area contributed by atoms with E-state index >= 15 is 0 Å². The maximum Gasteiger partial charge on any atom is 0.272 e. The Hall–Kier alpha value is -2.37. The van der Waals surface area contributed by atoms with Gasteiger partial charge < -0.3 is 4.42 Å². The van der Waals surface area contributed by atoms with Crippen molar-refractivity contribution in [3.8, 4) is 0 Å². The molecule has 0 aliphatic heterocycles. The normalized spacial score (nSPS) is 23.6. The van der Waals surface area contributed by atoms with Crippen LogP contribution in [0.5, 0.6) is 0 Å². The topological polar surface area (TPSA) is 84.2 Å². The van der Waals surface area contributed by atoms with Gasteiger partial charge in [-0.2, -0.15) is 0 Å². The lowest BCUT2D eigenvalue weighted by molar-refractivity contribution is -0.130. The Balaban J connectivity index is 1.66. The Morgan fingerprint density at radius 1 is 1.24 bits per heavy atom. The molecule has 0 bridgehead atoms. The van der Waals surface area contributed by atoms with Gasteiger partial charge in [0.1, 0.15) is 5.52 Å². The van der Waals surface area contributed by atoms with Crippen LogP contribution in [0.2, 0.25) is 0 Å². The third-order valence-corrected chi connectivity index (χ3v) is 5.26. The van der Waals surface area contributed by atoms with Gasteiger partial charge in [0.25, 0.3) is 5.91 Å². The molecule has 2 N–H and O–H groups in total. The third kappa shape index (κ3) is 3.67. The van der Waals surface area contributed by atoms with Crippen LogP contribution in [-0.4, -0.2) is 16.8 Å². The second-order valence-electron chi connectivity index (χ2n) is 7.38. The van der Waals surface area contributed by atoms with Crippen LogP contribution in [0.25, 0.3) is 11.1 Å². The van der Waals surface area contributed by atoms with Gasteiger partial charge in [0, 0.05) is 5.92 Å². The van der Waals surface area contributed by atoms with Gasteiger partial charge in [-0.05, 0) is 42.7 Å². The van der Waals surface area contributed by atoms with Crippen LogP contribution in [0.4, 0.5) is 0 Å². The van der Waals surface area contributed by atoms with Gasteiger partial charge in [-0.25, -0.2) is 4.98 Å². The summed E-state index contributed by atoms with van der Waals surface area (Å²) in [7, 11) is 0. The summed E-state index contributed by atoms with van der Waals surface area (Å²) in [6.07, 6.45) is 4.39. The molecule has 6 heteroatoms. The quantitative estimate of drug-likeness (QED) is 0.838. The molecule has 0 spiro atoms. The molecule has 1 aromatic carbocycles. The number of oxazole rings is 1. The number of hydrazine groups is 1. The van der Waals surface area contributed by atoms with Crippen molar-refractivity contribution < 1.29 is 14.0 Å². The highest BCUT2D eigenvalue weighted by molar-refractivity contribution is 6.04. The van der Waals surface area contributed by atoms with E-state index in [1.54, 1.807) is 18.2 Å². The Bertz CT molecular complexity index is 768. The highest BCUT2D eigenvalue weighted by atomic mass is 16.3. The minimum Gasteiger partial charge on any atom is -0.443 e. The lowest BCUT2D eigenvalue weighted by Gasteiger charge is -2.36. The number of benzene rings is 1. The van der Waals surface area contributed by atoms with Gasteiger partial charge in [0.05, 0.1) is 5.56 Å². The van der Waals surface area contributed by atoms with Crippen LogP contribution in [0.1, 0.15) is 50.4 Å². The molecule has 1 fully saturated rings. The van der Waals surface area contributed by atoms with Crippen molar-refractivity contribution in [3.05, 3.63) is 30.2 Å². The number of rotatable bonds is 3. The summed E-state index contributed by atoms with van der Waals surface area (Å²) in [6.45, 7) is 6.50. The minimum atomic E-state index is -0.391. The van der Waals surface area contributed by atoms with Crippen LogP contribution in [0, 0.1) is 23.7 Å². The molecule has 3 unspecified atom stereocenters. The van der Waals surface area contributed by atoms with E-state index < -0.39 is 5.91 Å². The van der Waals surface area contributed by atoms with Crippen LogP contribution in [-0.2, 0) is 4.79 Å². The SMILES string of the molecule is CC1CCC(C(C)C)C(C(=O)NNC(=O)c2cccc3ocnc23)C1. The largest absolute Gasteiger partial charge is 0.443 e. The molecule has 2 aromatic rings. The fourth-order valence-corrected chi connectivity index (χ4v) is 3.85. The molecule has 1 aliphatic carbocycles. The summed E-state index contributed by atoms with van der Waals surface area (Å²) in [4.78, 5) is 29.1. The van der Waals surface area contributed by atoms with E-state index in [0.29, 0.717) is 34.4 Å². The molecule has 0 saturated heterocycles. The summed E-state index contributed by atoms with van der Waals surface area (Å²) in [6, 6.07) is 5.13. The summed E-state index contributed by atoms with van der Waals surface area (Å²) in [5, 5.41) is 0. The van der Waals surface area contributed by atoms with E-state index in [-0.39, 0.29) is 11.8 Å². The number of carbonyl (C=O) groups excluding carboxylic acids is 2. The number of amides is 2. The summed E-state index contributed by atoms with van der Waals surface area (Å²) in [5.74, 6) is 0.774. The number of aromatic nitrogens is 1. The van der Waals surface area contributed by atoms with Gasteiger partial charge in [0.15, 0.2) is 12.0 Å². The minimum absolute atomic E-state index is 0.0631. The lowest BCUT2D eigenvalue weighted by Crippen LogP contribution is -2.48. The second kappa shape index (κ2) is 7.25. The average molecular weight is 343 g/mol. The maximum atomic E-state index is 12.6. The number of hydrogen-bond donors (Lipinski definition) is 2. The zero-order valence-corrected chi connectivity index (χ0v) is 14.9. The molecule has 1 heterocycles. The molecule has 1 aromatic heterocycles. The molecular formula is C19H25N3O3. The lowest BCUT2D eigenvalue weighted by atomic mass is 9.70. The van der Waals surface area contributed by atoms with Gasteiger partial charge >= 0.3 is 0 Å². The number of hydrogen-bond acceptors (Lipinski definition) is 4. The van der Waals surface area contributed by atoms with Crippen LogP contribution >= 0.6 is 0 Å². The molecule has 2 amide bonds. The Kier molecular flexibility index (Phi) is 5.06. The summed E-state index contributed by atoms with van der Waals surface area (Å²) < 4.78 is 5.20. The number of carbonyl (C=O) groups is 2. The Labute approximate surface area is 147 Å². The maximum absolute atomic E-state index is 12.6. The number of nitrogens with zero attached hydrogens (tertiary/aromatic N) is 1. The average Bonchev–Trinajstić information content (AvgIpc) is 3.07. The molecule has 3 atom stereocenters. The van der Waals surface area contributed by atoms with Crippen LogP contribution in [0.3, 0.4) is 0 Å². The van der Waals surface area contributed by atoms with Gasteiger partial charge in [-0.1, -0.05) is 33.3 Å². The first kappa shape index (κ1) is 17.5. The van der Waals surface area contributed by atoms with Gasteiger partial charge in [-0.3, -0.25) is 20.4 Å². The predicted molar refractivity (Wildman–Crippen MR) is 94.5 cm³/mol. The van der Waals surface area contributed by atoms with E-state index in [9.17, 15) is 9.59 Å². The molecule has 0 radical (unpaired) electrons. The van der Waals surface area contributed by atoms with E-state index in [1.807, 2.05) is 0 Å². The fourth-order valence-electron chi connectivity index (χ4n) is 3.85. The summed E-state index contributed by atoms with van der Waals surface area (Å²) >= 11 is 0. The third-order valence-electron chi connectivity index (χ3n) is 5.26. The van der Waals surface area contributed by atoms with Gasteiger partial charge in [0.2, 0.25) is 5.91 Å². The number of fused-ring (bicyclic) bond motifs is 1. The van der Waals surface area contributed by atoms with Gasteiger partial charge in [-0.15, -0.1) is 0 Å². The van der Waals surface area contributed by atoms with E-state index in [4.69, 9.17) is 4.42 Å². The molecule has 6 nitrogen and oxygen atoms in total. The highest BCUT2D eigenvalue weighted by Gasteiger charge is 2.35. The standard InChI is InChI=1S/C19H25N3O3/c1-11(2)13-8-7-12(3)9-15(13)19(24)22-21-18(23)14-5-4-6-16-17(14)20-10-25-16/h4-6,10-13,15H,7-9H2,1-3H3,(H,21,23)(H,22,24). The van der Waals surface area contributed by atoms with Crippen molar-refractivity contribution in [2.75, 3.05) is 0 Å². The van der Waals surface area contributed by atoms with Crippen molar-refractivity contribution in [2.24, 2.45) is 23.7 Å². The van der Waals surface area contributed by atoms with E-state index in [1.165, 1.54) is 6.39 Å². The molecular weight excluding hydrogens is 318 g/mol. The second-order valence-corrected chi connectivity index (χ2v) is 7.38. The van der Waals surface area contributed by atoms with Crippen molar-refractivity contribution in [1.82, 2.24) is 15.8 Å². The van der Waals surface area contributed by atoms with Crippen molar-refractivity contribution in [1.29, 1.82) is 0 Å². The molecule has 1 aliphatic rings. The van der Waals surface area contributed by atoms with Crippen molar-refractivity contribution in [3.63, 3.8) is 0 Å². The summed E-state index contributed by atoms with van der Waals surface area (Å²) in [5.41, 5.74) is 6.56. The predicted octanol–water partition coefficient (Wildman–Crippen LogP) is 3.30. The molecule has 134 valence electrons. The fraction of sp³-hybridized carbons (Fsp3) is 0.526. The van der Waals surface area contributed by atoms with E-state index in [2.05, 4.69) is 36.6 Å². The van der Waals surface area contributed by atoms with Crippen LogP contribution in [0.15, 0.2) is 29.0 Å². The zero-order valence-electron chi connectivity index (χ0n) is 14.9. The Morgan fingerprint density at radius 3 is 2.80 bits per heavy atom. The molecule has 3 rings (SSSR count). The monoisotopic (exact) mass is 343 g/mol. The first-order valence-corrected chi connectivity index (χ1v) is 8.89. The smallest absolute Gasteiger partial charge is 0.272 e. The first-order chi connectivity index (χ1) is 12.0.